The average molecular weight is 309 g/mol. The van der Waals surface area contributed by atoms with Crippen molar-refractivity contribution < 1.29 is 4.79 Å². The molecule has 2 rings (SSSR count). The number of hydrogen-bond donors (Lipinski definition) is 1. The molecule has 1 N–H and O–H groups in total. The molecule has 1 amide bonds. The fourth-order valence-electron chi connectivity index (χ4n) is 1.22. The summed E-state index contributed by atoms with van der Waals surface area (Å²) in [7, 11) is 0. The van der Waals surface area contributed by atoms with Crippen LogP contribution in [-0.4, -0.2) is 12.1 Å². The van der Waals surface area contributed by atoms with Crippen LogP contribution >= 0.6 is 27.3 Å². The van der Waals surface area contributed by atoms with Crippen LogP contribution < -0.4 is 5.43 Å². The molecule has 0 aliphatic carbocycles. The third-order valence-corrected chi connectivity index (χ3v) is 3.52. The van der Waals surface area contributed by atoms with E-state index in [4.69, 9.17) is 0 Å². The highest BCUT2D eigenvalue weighted by molar-refractivity contribution is 9.10. The molecule has 0 saturated carbocycles. The molecule has 1 aromatic carbocycles. The predicted molar refractivity (Wildman–Crippen MR) is 73.5 cm³/mol. The Bertz CT molecular complexity index is 537. The average Bonchev–Trinajstić information content (AvgIpc) is 2.82. The lowest BCUT2D eigenvalue weighted by atomic mass is 10.2. The van der Waals surface area contributed by atoms with E-state index in [0.29, 0.717) is 5.56 Å². The van der Waals surface area contributed by atoms with E-state index < -0.39 is 0 Å². The standard InChI is InChI=1S/C12H9BrN2OS/c13-11-6-2-1-5-10(11)12(16)15-14-8-9-4-3-7-17-9/h1-8H,(H,15,16). The van der Waals surface area contributed by atoms with Gasteiger partial charge in [0.2, 0.25) is 0 Å². The predicted octanol–water partition coefficient (Wildman–Crippen LogP) is 3.27. The number of hydrazone groups is 1. The first-order chi connectivity index (χ1) is 8.27. The van der Waals surface area contributed by atoms with Gasteiger partial charge in [-0.05, 0) is 39.5 Å². The van der Waals surface area contributed by atoms with Crippen LogP contribution in [0.2, 0.25) is 0 Å². The zero-order chi connectivity index (χ0) is 12.1. The van der Waals surface area contributed by atoms with Gasteiger partial charge in [0.05, 0.1) is 11.8 Å². The van der Waals surface area contributed by atoms with E-state index in [9.17, 15) is 4.79 Å². The van der Waals surface area contributed by atoms with Crippen molar-refractivity contribution in [3.8, 4) is 0 Å². The summed E-state index contributed by atoms with van der Waals surface area (Å²) in [6.45, 7) is 0. The molecule has 1 heterocycles. The summed E-state index contributed by atoms with van der Waals surface area (Å²) in [5, 5.41) is 5.85. The van der Waals surface area contributed by atoms with Gasteiger partial charge in [0, 0.05) is 9.35 Å². The Morgan fingerprint density at radius 1 is 1.29 bits per heavy atom. The Kier molecular flexibility index (Phi) is 4.06. The monoisotopic (exact) mass is 308 g/mol. The first-order valence-corrected chi connectivity index (χ1v) is 6.56. The minimum absolute atomic E-state index is 0.231. The van der Waals surface area contributed by atoms with Crippen LogP contribution in [0.4, 0.5) is 0 Å². The largest absolute Gasteiger partial charge is 0.272 e. The molecular weight excluding hydrogens is 300 g/mol. The molecule has 0 spiro atoms. The molecule has 0 aliphatic rings. The van der Waals surface area contributed by atoms with Crippen molar-refractivity contribution in [3.05, 3.63) is 56.7 Å². The molecule has 0 radical (unpaired) electrons. The molecule has 0 bridgehead atoms. The summed E-state index contributed by atoms with van der Waals surface area (Å²) in [4.78, 5) is 12.7. The number of nitrogens with zero attached hydrogens (tertiary/aromatic N) is 1. The normalized spacial score (nSPS) is 10.6. The van der Waals surface area contributed by atoms with E-state index in [1.807, 2.05) is 35.7 Å². The second-order valence-electron chi connectivity index (χ2n) is 3.19. The van der Waals surface area contributed by atoms with Gasteiger partial charge in [0.15, 0.2) is 0 Å². The Morgan fingerprint density at radius 2 is 2.12 bits per heavy atom. The number of amides is 1. The zero-order valence-electron chi connectivity index (χ0n) is 8.76. The fraction of sp³-hybridized carbons (Fsp3) is 0. The first-order valence-electron chi connectivity index (χ1n) is 4.89. The van der Waals surface area contributed by atoms with Gasteiger partial charge >= 0.3 is 0 Å². The summed E-state index contributed by atoms with van der Waals surface area (Å²) in [5.74, 6) is -0.231. The molecule has 0 atom stereocenters. The van der Waals surface area contributed by atoms with Gasteiger partial charge in [-0.3, -0.25) is 4.79 Å². The zero-order valence-corrected chi connectivity index (χ0v) is 11.2. The number of benzene rings is 1. The molecule has 0 aliphatic heterocycles. The Balaban J connectivity index is 2.01. The van der Waals surface area contributed by atoms with Gasteiger partial charge in [-0.15, -0.1) is 11.3 Å². The van der Waals surface area contributed by atoms with Crippen LogP contribution in [0, 0.1) is 0 Å². The highest BCUT2D eigenvalue weighted by atomic mass is 79.9. The minimum atomic E-state index is -0.231. The maximum absolute atomic E-state index is 11.7. The Hall–Kier alpha value is -1.46. The van der Waals surface area contributed by atoms with Gasteiger partial charge in [0.25, 0.3) is 5.91 Å². The van der Waals surface area contributed by atoms with Crippen LogP contribution in [0.1, 0.15) is 15.2 Å². The Morgan fingerprint density at radius 3 is 2.82 bits per heavy atom. The maximum atomic E-state index is 11.7. The van der Waals surface area contributed by atoms with Gasteiger partial charge in [-0.1, -0.05) is 18.2 Å². The quantitative estimate of drug-likeness (QED) is 0.686. The van der Waals surface area contributed by atoms with Crippen molar-refractivity contribution in [2.45, 2.75) is 0 Å². The highest BCUT2D eigenvalue weighted by Crippen LogP contribution is 2.15. The van der Waals surface area contributed by atoms with E-state index in [2.05, 4.69) is 26.5 Å². The third kappa shape index (κ3) is 3.25. The van der Waals surface area contributed by atoms with E-state index in [1.54, 1.807) is 23.6 Å². The van der Waals surface area contributed by atoms with Crippen LogP contribution in [0.15, 0.2) is 51.4 Å². The maximum Gasteiger partial charge on any atom is 0.272 e. The van der Waals surface area contributed by atoms with Gasteiger partial charge in [0.1, 0.15) is 0 Å². The van der Waals surface area contributed by atoms with E-state index >= 15 is 0 Å². The molecular formula is C12H9BrN2OS. The van der Waals surface area contributed by atoms with Crippen molar-refractivity contribution in [3.63, 3.8) is 0 Å². The lowest BCUT2D eigenvalue weighted by molar-refractivity contribution is 0.0954. The topological polar surface area (TPSA) is 41.5 Å². The van der Waals surface area contributed by atoms with Gasteiger partial charge in [-0.2, -0.15) is 5.10 Å². The number of nitrogens with one attached hydrogen (secondary N) is 1. The lowest BCUT2D eigenvalue weighted by Gasteiger charge is -2.01. The Labute approximate surface area is 111 Å². The van der Waals surface area contributed by atoms with Crippen molar-refractivity contribution in [1.82, 2.24) is 5.43 Å². The van der Waals surface area contributed by atoms with Crippen LogP contribution in [0.5, 0.6) is 0 Å². The number of hydrogen-bond acceptors (Lipinski definition) is 3. The summed E-state index contributed by atoms with van der Waals surface area (Å²) in [6.07, 6.45) is 1.62. The first kappa shape index (κ1) is 12.0. The van der Waals surface area contributed by atoms with E-state index in [-0.39, 0.29) is 5.91 Å². The molecule has 5 heteroatoms. The number of rotatable bonds is 3. The number of carbonyl (C=O) groups is 1. The molecule has 17 heavy (non-hydrogen) atoms. The smallest absolute Gasteiger partial charge is 0.267 e. The SMILES string of the molecule is O=C(NN=Cc1cccs1)c1ccccc1Br. The summed E-state index contributed by atoms with van der Waals surface area (Å²) < 4.78 is 0.754. The molecule has 0 fully saturated rings. The van der Waals surface area contributed by atoms with Gasteiger partial charge in [-0.25, -0.2) is 5.43 Å². The van der Waals surface area contributed by atoms with E-state index in [1.165, 1.54) is 0 Å². The highest BCUT2D eigenvalue weighted by Gasteiger charge is 2.07. The van der Waals surface area contributed by atoms with E-state index in [0.717, 1.165) is 9.35 Å². The van der Waals surface area contributed by atoms with Crippen LogP contribution in [-0.2, 0) is 0 Å². The molecule has 0 unspecified atom stereocenters. The molecule has 0 saturated heterocycles. The molecule has 3 nitrogen and oxygen atoms in total. The van der Waals surface area contributed by atoms with Crippen molar-refractivity contribution >= 4 is 39.4 Å². The molecule has 1 aromatic heterocycles. The summed E-state index contributed by atoms with van der Waals surface area (Å²) >= 11 is 4.88. The van der Waals surface area contributed by atoms with Gasteiger partial charge < -0.3 is 0 Å². The second kappa shape index (κ2) is 5.75. The lowest BCUT2D eigenvalue weighted by Crippen LogP contribution is -2.17. The fourth-order valence-corrected chi connectivity index (χ4v) is 2.27. The molecule has 86 valence electrons. The minimum Gasteiger partial charge on any atom is -0.267 e. The third-order valence-electron chi connectivity index (χ3n) is 2.02. The van der Waals surface area contributed by atoms with Crippen molar-refractivity contribution in [2.75, 3.05) is 0 Å². The number of halogens is 1. The van der Waals surface area contributed by atoms with Crippen LogP contribution in [0.25, 0.3) is 0 Å². The van der Waals surface area contributed by atoms with Crippen LogP contribution in [0.3, 0.4) is 0 Å². The summed E-state index contributed by atoms with van der Waals surface area (Å²) in [6, 6.07) is 11.1. The number of carbonyl (C=O) groups excluding carboxylic acids is 1. The second-order valence-corrected chi connectivity index (χ2v) is 5.03. The van der Waals surface area contributed by atoms with Crippen molar-refractivity contribution in [2.24, 2.45) is 5.10 Å². The summed E-state index contributed by atoms with van der Waals surface area (Å²) in [5.41, 5.74) is 3.05. The number of thiophene rings is 1. The van der Waals surface area contributed by atoms with Crippen molar-refractivity contribution in [1.29, 1.82) is 0 Å². The molecule has 2 aromatic rings.